The molecule has 0 spiro atoms. The van der Waals surface area contributed by atoms with Crippen LogP contribution in [-0.2, 0) is 6.54 Å². The summed E-state index contributed by atoms with van der Waals surface area (Å²) < 4.78 is 11.3. The van der Waals surface area contributed by atoms with Gasteiger partial charge in [-0.05, 0) is 17.9 Å². The number of rotatable bonds is 5. The summed E-state index contributed by atoms with van der Waals surface area (Å²) in [6, 6.07) is 6.03. The number of ether oxygens (including phenoxy) is 2. The molecule has 0 bridgehead atoms. The van der Waals surface area contributed by atoms with Crippen molar-refractivity contribution >= 4 is 0 Å². The van der Waals surface area contributed by atoms with E-state index >= 15 is 0 Å². The smallest absolute Gasteiger partial charge is 0.165 e. The van der Waals surface area contributed by atoms with E-state index in [0.29, 0.717) is 19.8 Å². The van der Waals surface area contributed by atoms with E-state index in [9.17, 15) is 5.11 Å². The standard InChI is InChI=1S/C16H25NO3/c1-16(2,3)9-13(11-18)17-10-12-5-4-6-14-15(12)20-8-7-19-14/h4-6,13,17-18H,7-11H2,1-3H3. The Morgan fingerprint density at radius 2 is 2.00 bits per heavy atom. The first-order valence-corrected chi connectivity index (χ1v) is 7.21. The van der Waals surface area contributed by atoms with Gasteiger partial charge < -0.3 is 19.9 Å². The molecule has 2 N–H and O–H groups in total. The number of benzene rings is 1. The molecule has 2 rings (SSSR count). The second-order valence-corrected chi connectivity index (χ2v) is 6.47. The molecule has 112 valence electrons. The first-order valence-electron chi connectivity index (χ1n) is 7.21. The van der Waals surface area contributed by atoms with Crippen LogP contribution in [0.4, 0.5) is 0 Å². The monoisotopic (exact) mass is 279 g/mol. The lowest BCUT2D eigenvalue weighted by molar-refractivity contribution is 0.168. The first-order chi connectivity index (χ1) is 9.49. The van der Waals surface area contributed by atoms with Crippen molar-refractivity contribution in [3.05, 3.63) is 23.8 Å². The minimum absolute atomic E-state index is 0.0929. The van der Waals surface area contributed by atoms with Crippen molar-refractivity contribution in [1.82, 2.24) is 5.32 Å². The molecule has 1 aromatic carbocycles. The van der Waals surface area contributed by atoms with E-state index in [1.165, 1.54) is 0 Å². The van der Waals surface area contributed by atoms with Gasteiger partial charge >= 0.3 is 0 Å². The maximum Gasteiger partial charge on any atom is 0.165 e. The summed E-state index contributed by atoms with van der Waals surface area (Å²) in [5, 5.41) is 12.9. The van der Waals surface area contributed by atoms with Gasteiger partial charge in [-0.3, -0.25) is 0 Å². The number of aliphatic hydroxyl groups excluding tert-OH is 1. The minimum Gasteiger partial charge on any atom is -0.486 e. The Balaban J connectivity index is 1.99. The molecule has 0 saturated heterocycles. The third-order valence-electron chi connectivity index (χ3n) is 3.31. The van der Waals surface area contributed by atoms with E-state index in [2.05, 4.69) is 26.1 Å². The molecule has 0 radical (unpaired) electrons. The topological polar surface area (TPSA) is 50.7 Å². The Morgan fingerprint density at radius 3 is 2.70 bits per heavy atom. The molecular formula is C16H25NO3. The maximum atomic E-state index is 9.49. The van der Waals surface area contributed by atoms with Gasteiger partial charge in [0.1, 0.15) is 13.2 Å². The SMILES string of the molecule is CC(C)(C)CC(CO)NCc1cccc2c1OCCO2. The molecule has 0 fully saturated rings. The summed E-state index contributed by atoms with van der Waals surface area (Å²) in [5.41, 5.74) is 1.27. The highest BCUT2D eigenvalue weighted by atomic mass is 16.6. The van der Waals surface area contributed by atoms with Crippen molar-refractivity contribution in [2.24, 2.45) is 5.41 Å². The van der Waals surface area contributed by atoms with Crippen molar-refractivity contribution in [2.75, 3.05) is 19.8 Å². The van der Waals surface area contributed by atoms with E-state index < -0.39 is 0 Å². The number of nitrogens with one attached hydrogen (secondary N) is 1. The molecule has 1 unspecified atom stereocenters. The minimum atomic E-state index is 0.0929. The molecule has 1 atom stereocenters. The van der Waals surface area contributed by atoms with Gasteiger partial charge in [0, 0.05) is 18.2 Å². The van der Waals surface area contributed by atoms with E-state index in [0.717, 1.165) is 23.5 Å². The van der Waals surface area contributed by atoms with E-state index in [-0.39, 0.29) is 18.1 Å². The predicted octanol–water partition coefficient (Wildman–Crippen LogP) is 2.34. The van der Waals surface area contributed by atoms with E-state index in [1.54, 1.807) is 0 Å². The lowest BCUT2D eigenvalue weighted by atomic mass is 9.88. The van der Waals surface area contributed by atoms with Gasteiger partial charge in [-0.1, -0.05) is 32.9 Å². The summed E-state index contributed by atoms with van der Waals surface area (Å²) in [7, 11) is 0. The van der Waals surface area contributed by atoms with Gasteiger partial charge in [-0.2, -0.15) is 0 Å². The van der Waals surface area contributed by atoms with Crippen molar-refractivity contribution < 1.29 is 14.6 Å². The van der Waals surface area contributed by atoms with Gasteiger partial charge in [0.25, 0.3) is 0 Å². The molecule has 1 aliphatic heterocycles. The fourth-order valence-electron chi connectivity index (χ4n) is 2.47. The highest BCUT2D eigenvalue weighted by molar-refractivity contribution is 5.47. The molecule has 4 heteroatoms. The molecule has 1 aromatic rings. The van der Waals surface area contributed by atoms with Crippen molar-refractivity contribution in [2.45, 2.75) is 39.8 Å². The highest BCUT2D eigenvalue weighted by Gasteiger charge is 2.19. The lowest BCUT2D eigenvalue weighted by Crippen LogP contribution is -2.35. The second kappa shape index (κ2) is 6.46. The van der Waals surface area contributed by atoms with Gasteiger partial charge in [0.15, 0.2) is 11.5 Å². The van der Waals surface area contributed by atoms with Crippen LogP contribution in [0.2, 0.25) is 0 Å². The molecule has 4 nitrogen and oxygen atoms in total. The van der Waals surface area contributed by atoms with Crippen LogP contribution < -0.4 is 14.8 Å². The number of para-hydroxylation sites is 1. The summed E-state index contributed by atoms with van der Waals surface area (Å²) in [6.07, 6.45) is 0.926. The quantitative estimate of drug-likeness (QED) is 0.868. The first kappa shape index (κ1) is 15.1. The predicted molar refractivity (Wildman–Crippen MR) is 79.2 cm³/mol. The molecule has 1 aliphatic rings. The molecule has 0 aliphatic carbocycles. The zero-order valence-corrected chi connectivity index (χ0v) is 12.6. The molecule has 20 heavy (non-hydrogen) atoms. The van der Waals surface area contributed by atoms with Crippen LogP contribution in [0.25, 0.3) is 0 Å². The number of hydrogen-bond donors (Lipinski definition) is 2. The molecule has 0 amide bonds. The van der Waals surface area contributed by atoms with Crippen molar-refractivity contribution in [1.29, 1.82) is 0 Å². The summed E-state index contributed by atoms with van der Waals surface area (Å²) >= 11 is 0. The molecular weight excluding hydrogens is 254 g/mol. The van der Waals surface area contributed by atoms with Gasteiger partial charge in [0.05, 0.1) is 6.61 Å². The van der Waals surface area contributed by atoms with Crippen LogP contribution in [0.15, 0.2) is 18.2 Å². The van der Waals surface area contributed by atoms with Gasteiger partial charge in [0.2, 0.25) is 0 Å². The Morgan fingerprint density at radius 1 is 1.25 bits per heavy atom. The van der Waals surface area contributed by atoms with E-state index in [1.807, 2.05) is 18.2 Å². The van der Waals surface area contributed by atoms with Crippen molar-refractivity contribution in [3.8, 4) is 11.5 Å². The van der Waals surface area contributed by atoms with E-state index in [4.69, 9.17) is 9.47 Å². The van der Waals surface area contributed by atoms with Gasteiger partial charge in [-0.15, -0.1) is 0 Å². The van der Waals surface area contributed by atoms with Crippen LogP contribution in [0.3, 0.4) is 0 Å². The Bertz CT molecular complexity index is 440. The zero-order valence-electron chi connectivity index (χ0n) is 12.6. The second-order valence-electron chi connectivity index (χ2n) is 6.47. The highest BCUT2D eigenvalue weighted by Crippen LogP contribution is 2.33. The number of hydrogen-bond acceptors (Lipinski definition) is 4. The molecule has 0 saturated carbocycles. The average Bonchev–Trinajstić information content (AvgIpc) is 2.42. The normalized spacial score (nSPS) is 16.0. The fourth-order valence-corrected chi connectivity index (χ4v) is 2.47. The summed E-state index contributed by atoms with van der Waals surface area (Å²) in [4.78, 5) is 0. The molecule has 1 heterocycles. The van der Waals surface area contributed by atoms with Crippen LogP contribution in [0.5, 0.6) is 11.5 Å². The lowest BCUT2D eigenvalue weighted by Gasteiger charge is -2.26. The van der Waals surface area contributed by atoms with Crippen LogP contribution in [0, 0.1) is 5.41 Å². The van der Waals surface area contributed by atoms with Crippen LogP contribution in [-0.4, -0.2) is 31.0 Å². The van der Waals surface area contributed by atoms with Gasteiger partial charge in [-0.25, -0.2) is 0 Å². The van der Waals surface area contributed by atoms with Crippen LogP contribution in [0.1, 0.15) is 32.8 Å². The summed E-state index contributed by atoms with van der Waals surface area (Å²) in [5.74, 6) is 1.64. The zero-order chi connectivity index (χ0) is 14.6. The fraction of sp³-hybridized carbons (Fsp3) is 0.625. The number of aliphatic hydroxyl groups is 1. The Kier molecular flexibility index (Phi) is 4.89. The maximum absolute atomic E-state index is 9.49. The van der Waals surface area contributed by atoms with Crippen LogP contribution >= 0.6 is 0 Å². The third kappa shape index (κ3) is 4.12. The third-order valence-corrected chi connectivity index (χ3v) is 3.31. The molecule has 0 aromatic heterocycles. The van der Waals surface area contributed by atoms with Crippen molar-refractivity contribution in [3.63, 3.8) is 0 Å². The number of fused-ring (bicyclic) bond motifs is 1. The Labute approximate surface area is 121 Å². The summed E-state index contributed by atoms with van der Waals surface area (Å²) in [6.45, 7) is 8.55. The largest absolute Gasteiger partial charge is 0.486 e. The Hall–Kier alpha value is -1.26. The average molecular weight is 279 g/mol.